The molecule has 0 amide bonds. The van der Waals surface area contributed by atoms with E-state index < -0.39 is 37.3 Å². The molecule has 0 aromatic heterocycles. The van der Waals surface area contributed by atoms with Crippen molar-refractivity contribution >= 4 is 23.5 Å². The van der Waals surface area contributed by atoms with Crippen molar-refractivity contribution in [3.8, 4) is 0 Å². The third-order valence-corrected chi connectivity index (χ3v) is 12.9. The molecule has 0 aromatic rings. The van der Waals surface area contributed by atoms with Gasteiger partial charge in [-0.25, -0.2) is 0 Å². The molecule has 300 valence electrons. The molecule has 5 atom stereocenters. The van der Waals surface area contributed by atoms with Gasteiger partial charge in [-0.2, -0.15) is 23.5 Å². The van der Waals surface area contributed by atoms with Crippen LogP contribution in [-0.2, 0) is 9.47 Å². The molecule has 1 fully saturated rings. The van der Waals surface area contributed by atoms with Gasteiger partial charge in [0.25, 0.3) is 0 Å². The first-order chi connectivity index (χ1) is 24.5. The molecule has 1 aliphatic rings. The highest BCUT2D eigenvalue weighted by Gasteiger charge is 2.44. The summed E-state index contributed by atoms with van der Waals surface area (Å²) in [6.07, 6.45) is 32.6. The normalized spacial score (nSPS) is 21.1. The third-order valence-electron chi connectivity index (χ3n) is 10.3. The Labute approximate surface area is 318 Å². The fourth-order valence-electron chi connectivity index (χ4n) is 6.88. The summed E-state index contributed by atoms with van der Waals surface area (Å²) in [4.78, 5) is 0. The lowest BCUT2D eigenvalue weighted by Crippen LogP contribution is -2.59. The van der Waals surface area contributed by atoms with Crippen LogP contribution in [0, 0.1) is 5.92 Å². The van der Waals surface area contributed by atoms with Crippen LogP contribution in [0.1, 0.15) is 194 Å². The summed E-state index contributed by atoms with van der Waals surface area (Å²) in [5.74, 6) is 4.65. The van der Waals surface area contributed by atoms with Crippen molar-refractivity contribution in [1.29, 1.82) is 0 Å². The van der Waals surface area contributed by atoms with Gasteiger partial charge in [-0.15, -0.1) is 0 Å². The first-order valence-electron chi connectivity index (χ1n) is 21.6. The zero-order valence-electron chi connectivity index (χ0n) is 32.9. The number of ether oxygens (including phenoxy) is 2. The van der Waals surface area contributed by atoms with Gasteiger partial charge in [0.1, 0.15) is 24.4 Å². The smallest absolute Gasteiger partial charge is 0.186 e. The van der Waals surface area contributed by atoms with Crippen molar-refractivity contribution < 1.29 is 29.9 Å². The molecule has 0 aliphatic carbocycles. The van der Waals surface area contributed by atoms with Crippen molar-refractivity contribution in [3.63, 3.8) is 0 Å². The molecule has 50 heavy (non-hydrogen) atoms. The lowest BCUT2D eigenvalue weighted by molar-refractivity contribution is -0.302. The van der Waals surface area contributed by atoms with E-state index in [1.807, 2.05) is 23.5 Å². The molecule has 0 spiro atoms. The Hall–Kier alpha value is 0.460. The summed E-state index contributed by atoms with van der Waals surface area (Å²) < 4.78 is 11.6. The molecule has 8 heteroatoms. The maximum atomic E-state index is 10.4. The van der Waals surface area contributed by atoms with Gasteiger partial charge < -0.3 is 29.9 Å². The summed E-state index contributed by atoms with van der Waals surface area (Å²) >= 11 is 4.00. The van der Waals surface area contributed by atoms with E-state index in [0.29, 0.717) is 12.5 Å². The van der Waals surface area contributed by atoms with Crippen molar-refractivity contribution in [2.24, 2.45) is 5.92 Å². The molecule has 1 heterocycles. The fraction of sp³-hybridized carbons (Fsp3) is 1.00. The topological polar surface area (TPSA) is 99.4 Å². The predicted molar refractivity (Wildman–Crippen MR) is 218 cm³/mol. The van der Waals surface area contributed by atoms with Crippen LogP contribution < -0.4 is 0 Å². The highest BCUT2D eigenvalue weighted by atomic mass is 32.2. The van der Waals surface area contributed by atoms with Crippen molar-refractivity contribution in [2.45, 2.75) is 224 Å². The van der Waals surface area contributed by atoms with E-state index in [9.17, 15) is 20.4 Å². The third kappa shape index (κ3) is 27.1. The minimum absolute atomic E-state index is 0.315. The van der Waals surface area contributed by atoms with Crippen molar-refractivity contribution in [2.75, 3.05) is 36.2 Å². The van der Waals surface area contributed by atoms with Crippen LogP contribution in [-0.4, -0.2) is 87.4 Å². The van der Waals surface area contributed by atoms with E-state index in [4.69, 9.17) is 9.47 Å². The second kappa shape index (κ2) is 36.4. The summed E-state index contributed by atoms with van der Waals surface area (Å²) in [7, 11) is 0. The van der Waals surface area contributed by atoms with Gasteiger partial charge >= 0.3 is 0 Å². The minimum atomic E-state index is -1.39. The minimum Gasteiger partial charge on any atom is -0.394 e. The molecular weight excluding hydrogens is 665 g/mol. The molecule has 4 N–H and O–H groups in total. The Bertz CT molecular complexity index is 651. The first kappa shape index (κ1) is 48.5. The Morgan fingerprint density at radius 3 is 1.16 bits per heavy atom. The molecular formula is C42H84O6S2. The van der Waals surface area contributed by atoms with Crippen LogP contribution in [0.25, 0.3) is 0 Å². The molecule has 1 aliphatic heterocycles. The van der Waals surface area contributed by atoms with E-state index in [2.05, 4.69) is 13.8 Å². The Morgan fingerprint density at radius 2 is 0.820 bits per heavy atom. The Morgan fingerprint density at radius 1 is 0.480 bits per heavy atom. The van der Waals surface area contributed by atoms with Crippen LogP contribution in [0.3, 0.4) is 0 Å². The van der Waals surface area contributed by atoms with Gasteiger partial charge in [0.15, 0.2) is 6.29 Å². The lowest BCUT2D eigenvalue weighted by atomic mass is 9.99. The second-order valence-electron chi connectivity index (χ2n) is 15.2. The van der Waals surface area contributed by atoms with E-state index >= 15 is 0 Å². The maximum Gasteiger partial charge on any atom is 0.186 e. The van der Waals surface area contributed by atoms with Crippen LogP contribution in [0.4, 0.5) is 0 Å². The first-order valence-corrected chi connectivity index (χ1v) is 23.9. The number of rotatable bonds is 38. The average Bonchev–Trinajstić information content (AvgIpc) is 3.12. The molecule has 6 nitrogen and oxygen atoms in total. The van der Waals surface area contributed by atoms with Gasteiger partial charge in [-0.05, 0) is 35.9 Å². The van der Waals surface area contributed by atoms with Gasteiger partial charge in [-0.3, -0.25) is 0 Å². The summed E-state index contributed by atoms with van der Waals surface area (Å²) in [5.41, 5.74) is 0. The summed E-state index contributed by atoms with van der Waals surface area (Å²) in [5, 5.41) is 40.3. The number of hydrogen-bond acceptors (Lipinski definition) is 8. The van der Waals surface area contributed by atoms with Crippen molar-refractivity contribution in [3.05, 3.63) is 0 Å². The highest BCUT2D eigenvalue weighted by Crippen LogP contribution is 2.25. The van der Waals surface area contributed by atoms with Gasteiger partial charge in [-0.1, -0.05) is 181 Å². The van der Waals surface area contributed by atoms with E-state index in [1.54, 1.807) is 0 Å². The van der Waals surface area contributed by atoms with Gasteiger partial charge in [0.05, 0.1) is 13.2 Å². The largest absolute Gasteiger partial charge is 0.394 e. The van der Waals surface area contributed by atoms with Crippen LogP contribution in [0.5, 0.6) is 0 Å². The molecule has 0 saturated carbocycles. The number of thioether (sulfide) groups is 2. The van der Waals surface area contributed by atoms with Crippen molar-refractivity contribution in [1.82, 2.24) is 0 Å². The maximum absolute atomic E-state index is 10.4. The molecule has 0 aromatic carbocycles. The standard InChI is InChI=1S/C42H84O6S2/c1-3-5-7-9-11-13-15-17-19-21-23-25-27-29-31-49-35-37(34-47-42-41(46)40(45)39(44)38(33-43)48-42)36-50-32-30-28-26-24-22-20-18-16-14-12-10-8-6-4-2/h37-46H,3-36H2,1-2H3/t38-,39-,40+,41-,42-/m1/s1. The van der Waals surface area contributed by atoms with E-state index in [-0.39, 0.29) is 0 Å². The lowest BCUT2D eigenvalue weighted by Gasteiger charge is -2.40. The Balaban J connectivity index is 2.19. The predicted octanol–water partition coefficient (Wildman–Crippen LogP) is 10.8. The number of unbranched alkanes of at least 4 members (excludes halogenated alkanes) is 26. The highest BCUT2D eigenvalue weighted by molar-refractivity contribution is 8.00. The van der Waals surface area contributed by atoms with Gasteiger partial charge in [0, 0.05) is 5.92 Å². The number of hydrogen-bond donors (Lipinski definition) is 4. The van der Waals surface area contributed by atoms with Crippen LogP contribution in [0.15, 0.2) is 0 Å². The average molecular weight is 749 g/mol. The van der Waals surface area contributed by atoms with E-state index in [0.717, 1.165) is 23.0 Å². The number of aliphatic hydroxyl groups is 4. The number of aliphatic hydroxyl groups excluding tert-OH is 4. The molecule has 0 unspecified atom stereocenters. The second-order valence-corrected chi connectivity index (χ2v) is 17.5. The van der Waals surface area contributed by atoms with Crippen LogP contribution >= 0.6 is 23.5 Å². The quantitative estimate of drug-likeness (QED) is 0.0463. The molecule has 0 radical (unpaired) electrons. The SMILES string of the molecule is CCCCCCCCCCCCCCCCSCC(CO[C@@H]1O[C@H](CO)[C@@H](O)[C@H](O)[C@H]1O)CSCCCCCCCCCCCCCCCC. The fourth-order valence-corrected chi connectivity index (χ4v) is 9.27. The molecule has 0 bridgehead atoms. The van der Waals surface area contributed by atoms with Gasteiger partial charge in [0.2, 0.25) is 0 Å². The monoisotopic (exact) mass is 749 g/mol. The van der Waals surface area contributed by atoms with E-state index in [1.165, 1.54) is 180 Å². The summed E-state index contributed by atoms with van der Waals surface area (Å²) in [6.45, 7) is 4.57. The molecule has 1 rings (SSSR count). The Kier molecular flexibility index (Phi) is 35.3. The summed E-state index contributed by atoms with van der Waals surface area (Å²) in [6, 6.07) is 0. The molecule has 1 saturated heterocycles. The zero-order chi connectivity index (χ0) is 36.3. The zero-order valence-corrected chi connectivity index (χ0v) is 34.6. The van der Waals surface area contributed by atoms with Crippen LogP contribution in [0.2, 0.25) is 0 Å².